The van der Waals surface area contributed by atoms with E-state index < -0.39 is 23.7 Å². The highest BCUT2D eigenvalue weighted by Crippen LogP contribution is 2.32. The fourth-order valence-corrected chi connectivity index (χ4v) is 3.32. The van der Waals surface area contributed by atoms with Gasteiger partial charge in [0.05, 0.1) is 17.3 Å². The molecule has 4 rings (SSSR count). The molecule has 0 bridgehead atoms. The van der Waals surface area contributed by atoms with Crippen molar-refractivity contribution in [3.8, 4) is 5.88 Å². The number of nitrogens with zero attached hydrogens (tertiary/aromatic N) is 5. The van der Waals surface area contributed by atoms with Gasteiger partial charge >= 0.3 is 12.3 Å². The quantitative estimate of drug-likeness (QED) is 0.614. The summed E-state index contributed by atoms with van der Waals surface area (Å²) >= 11 is 0. The molecule has 10 nitrogen and oxygen atoms in total. The standard InChI is InChI=1S/C20H18F3N7O3/c21-20(22,23)14-4-2-1-3-13(14)18(31)30-11-9-29(10-12-30)16-5-6-17(28-27-16)33-19(32)25-15-7-8-24-26-15/h1-8H,9-12H2,(H2,24,25,26,32). The lowest BCUT2D eigenvalue weighted by molar-refractivity contribution is -0.138. The van der Waals surface area contributed by atoms with Gasteiger partial charge in [0.2, 0.25) is 5.88 Å². The zero-order chi connectivity index (χ0) is 23.4. The van der Waals surface area contributed by atoms with E-state index in [1.54, 1.807) is 12.1 Å². The van der Waals surface area contributed by atoms with Crippen LogP contribution in [0.15, 0.2) is 48.7 Å². The second-order valence-electron chi connectivity index (χ2n) is 7.04. The minimum atomic E-state index is -4.61. The van der Waals surface area contributed by atoms with Crippen molar-refractivity contribution in [2.24, 2.45) is 0 Å². The molecule has 1 saturated heterocycles. The summed E-state index contributed by atoms with van der Waals surface area (Å²) < 4.78 is 44.7. The maximum absolute atomic E-state index is 13.2. The zero-order valence-electron chi connectivity index (χ0n) is 17.0. The summed E-state index contributed by atoms with van der Waals surface area (Å²) in [6.07, 6.45) is -3.91. The summed E-state index contributed by atoms with van der Waals surface area (Å²) in [5.74, 6) is 0.156. The van der Waals surface area contributed by atoms with Gasteiger partial charge in [-0.1, -0.05) is 12.1 Å². The molecule has 0 saturated carbocycles. The third kappa shape index (κ3) is 5.19. The number of carbonyl (C=O) groups excluding carboxylic acids is 2. The van der Waals surface area contributed by atoms with Crippen LogP contribution in [0.4, 0.5) is 29.6 Å². The topological polar surface area (TPSA) is 116 Å². The fraction of sp³-hybridized carbons (Fsp3) is 0.250. The lowest BCUT2D eigenvalue weighted by atomic mass is 10.1. The average Bonchev–Trinajstić information content (AvgIpc) is 3.31. The van der Waals surface area contributed by atoms with E-state index in [2.05, 4.69) is 25.7 Å². The number of alkyl halides is 3. The molecule has 0 unspecified atom stereocenters. The highest BCUT2D eigenvalue weighted by molar-refractivity contribution is 5.96. The molecule has 13 heteroatoms. The Morgan fingerprint density at radius 3 is 2.39 bits per heavy atom. The first-order chi connectivity index (χ1) is 15.8. The van der Waals surface area contributed by atoms with E-state index in [4.69, 9.17) is 4.74 Å². The molecule has 1 aliphatic heterocycles. The van der Waals surface area contributed by atoms with Gasteiger partial charge in [-0.05, 0) is 18.2 Å². The van der Waals surface area contributed by atoms with Gasteiger partial charge in [-0.2, -0.15) is 18.3 Å². The number of hydrogen-bond donors (Lipinski definition) is 2. The molecule has 2 aromatic heterocycles. The summed E-state index contributed by atoms with van der Waals surface area (Å²) in [7, 11) is 0. The Balaban J connectivity index is 1.34. The van der Waals surface area contributed by atoms with Crippen molar-refractivity contribution in [1.29, 1.82) is 0 Å². The molecule has 1 aromatic carbocycles. The lowest BCUT2D eigenvalue weighted by Crippen LogP contribution is -2.49. The number of rotatable bonds is 4. The van der Waals surface area contributed by atoms with Crippen LogP contribution in [0, 0.1) is 0 Å². The summed E-state index contributed by atoms with van der Waals surface area (Å²) in [6, 6.07) is 9.36. The number of anilines is 2. The number of amides is 2. The van der Waals surface area contributed by atoms with Crippen molar-refractivity contribution in [3.63, 3.8) is 0 Å². The van der Waals surface area contributed by atoms with E-state index in [1.165, 1.54) is 35.4 Å². The number of piperazine rings is 1. The van der Waals surface area contributed by atoms with Gasteiger partial charge in [0.1, 0.15) is 5.82 Å². The Morgan fingerprint density at radius 2 is 1.76 bits per heavy atom. The SMILES string of the molecule is O=C(Nc1ccn[nH]1)Oc1ccc(N2CCN(C(=O)c3ccccc3C(F)(F)F)CC2)nn1. The zero-order valence-corrected chi connectivity index (χ0v) is 17.0. The number of H-pyrrole nitrogens is 1. The number of aromatic nitrogens is 4. The van der Waals surface area contributed by atoms with E-state index in [0.717, 1.165) is 6.07 Å². The van der Waals surface area contributed by atoms with Crippen molar-refractivity contribution < 1.29 is 27.5 Å². The van der Waals surface area contributed by atoms with Crippen LogP contribution in [0.2, 0.25) is 0 Å². The average molecular weight is 461 g/mol. The normalized spacial score (nSPS) is 14.2. The Labute approximate surface area is 185 Å². The van der Waals surface area contributed by atoms with E-state index in [-0.39, 0.29) is 24.5 Å². The maximum Gasteiger partial charge on any atom is 0.419 e. The molecule has 2 N–H and O–H groups in total. The Hall–Kier alpha value is -4.16. The number of hydrogen-bond acceptors (Lipinski definition) is 7. The Morgan fingerprint density at radius 1 is 1.00 bits per heavy atom. The van der Waals surface area contributed by atoms with Crippen LogP contribution < -0.4 is 15.0 Å². The van der Waals surface area contributed by atoms with Crippen LogP contribution in [-0.2, 0) is 6.18 Å². The number of halogens is 3. The first-order valence-electron chi connectivity index (χ1n) is 9.83. The number of carbonyl (C=O) groups is 2. The van der Waals surface area contributed by atoms with E-state index in [1.807, 2.05) is 4.90 Å². The molecule has 2 amide bonds. The monoisotopic (exact) mass is 461 g/mol. The van der Waals surface area contributed by atoms with Crippen LogP contribution in [0.25, 0.3) is 0 Å². The number of ether oxygens (including phenoxy) is 1. The van der Waals surface area contributed by atoms with Gasteiger partial charge in [0.25, 0.3) is 5.91 Å². The van der Waals surface area contributed by atoms with Gasteiger partial charge in [0.15, 0.2) is 5.82 Å². The number of aromatic amines is 1. The van der Waals surface area contributed by atoms with Crippen molar-refractivity contribution in [1.82, 2.24) is 25.3 Å². The van der Waals surface area contributed by atoms with E-state index in [9.17, 15) is 22.8 Å². The van der Waals surface area contributed by atoms with E-state index >= 15 is 0 Å². The Kier molecular flexibility index (Phi) is 6.11. The fourth-order valence-electron chi connectivity index (χ4n) is 3.32. The number of benzene rings is 1. The minimum Gasteiger partial charge on any atom is -0.389 e. The Bertz CT molecular complexity index is 1110. The van der Waals surface area contributed by atoms with Crippen LogP contribution in [0.5, 0.6) is 5.88 Å². The van der Waals surface area contributed by atoms with Gasteiger partial charge in [-0.3, -0.25) is 15.2 Å². The molecular weight excluding hydrogens is 443 g/mol. The molecule has 3 aromatic rings. The lowest BCUT2D eigenvalue weighted by Gasteiger charge is -2.35. The van der Waals surface area contributed by atoms with Gasteiger partial charge in [-0.15, -0.1) is 10.2 Å². The molecule has 33 heavy (non-hydrogen) atoms. The second-order valence-corrected chi connectivity index (χ2v) is 7.04. The first-order valence-corrected chi connectivity index (χ1v) is 9.83. The van der Waals surface area contributed by atoms with Crippen LogP contribution in [0.3, 0.4) is 0 Å². The van der Waals surface area contributed by atoms with Gasteiger partial charge < -0.3 is 14.5 Å². The third-order valence-electron chi connectivity index (χ3n) is 4.91. The summed E-state index contributed by atoms with van der Waals surface area (Å²) in [4.78, 5) is 27.7. The first kappa shape index (κ1) is 22.0. The third-order valence-corrected chi connectivity index (χ3v) is 4.91. The molecule has 172 valence electrons. The molecule has 0 atom stereocenters. The smallest absolute Gasteiger partial charge is 0.389 e. The molecule has 0 aliphatic carbocycles. The summed E-state index contributed by atoms with van der Waals surface area (Å²) in [5.41, 5.74) is -1.32. The van der Waals surface area contributed by atoms with Crippen molar-refractivity contribution in [2.75, 3.05) is 36.4 Å². The van der Waals surface area contributed by atoms with Crippen LogP contribution >= 0.6 is 0 Å². The second kappa shape index (κ2) is 9.14. The highest BCUT2D eigenvalue weighted by Gasteiger charge is 2.36. The van der Waals surface area contributed by atoms with Crippen LogP contribution in [0.1, 0.15) is 15.9 Å². The molecule has 0 spiro atoms. The molecule has 1 fully saturated rings. The molecular formula is C20H18F3N7O3. The van der Waals surface area contributed by atoms with Crippen molar-refractivity contribution in [3.05, 3.63) is 59.8 Å². The summed E-state index contributed by atoms with van der Waals surface area (Å²) in [5, 5.41) is 16.5. The van der Waals surface area contributed by atoms with Crippen molar-refractivity contribution in [2.45, 2.75) is 6.18 Å². The summed E-state index contributed by atoms with van der Waals surface area (Å²) in [6.45, 7) is 1.15. The predicted octanol–water partition coefficient (Wildman–Crippen LogP) is 2.79. The molecule has 0 radical (unpaired) electrons. The predicted molar refractivity (Wildman–Crippen MR) is 110 cm³/mol. The minimum absolute atomic E-state index is 0.0201. The van der Waals surface area contributed by atoms with Gasteiger partial charge in [0, 0.05) is 38.3 Å². The molecule has 3 heterocycles. The van der Waals surface area contributed by atoms with Crippen molar-refractivity contribution >= 4 is 23.6 Å². The number of nitrogens with one attached hydrogen (secondary N) is 2. The largest absolute Gasteiger partial charge is 0.419 e. The van der Waals surface area contributed by atoms with E-state index in [0.29, 0.717) is 24.7 Å². The molecule has 1 aliphatic rings. The maximum atomic E-state index is 13.2. The highest BCUT2D eigenvalue weighted by atomic mass is 19.4. The van der Waals surface area contributed by atoms with Crippen LogP contribution in [-0.4, -0.2) is 63.5 Å². The van der Waals surface area contributed by atoms with Gasteiger partial charge in [-0.25, -0.2) is 4.79 Å².